The van der Waals surface area contributed by atoms with Crippen LogP contribution in [0.3, 0.4) is 0 Å². The zero-order valence-corrected chi connectivity index (χ0v) is 8.78. The number of rotatable bonds is 1. The summed E-state index contributed by atoms with van der Waals surface area (Å²) >= 11 is 0. The molecule has 0 saturated heterocycles. The second-order valence-electron chi connectivity index (χ2n) is 3.72. The van der Waals surface area contributed by atoms with Crippen LogP contribution in [0.15, 0.2) is 0 Å². The van der Waals surface area contributed by atoms with Crippen LogP contribution in [0.5, 0.6) is 0 Å². The third-order valence-corrected chi connectivity index (χ3v) is 2.44. The van der Waals surface area contributed by atoms with Crippen molar-refractivity contribution in [3.05, 3.63) is 0 Å². The molecule has 1 amide bonds. The SMILES string of the molecule is CC(=O)ON(C(C)=O)C1CCCCC1. The van der Waals surface area contributed by atoms with E-state index in [1.54, 1.807) is 0 Å². The molecule has 0 spiro atoms. The van der Waals surface area contributed by atoms with Crippen LogP contribution < -0.4 is 0 Å². The molecule has 0 atom stereocenters. The maximum Gasteiger partial charge on any atom is 0.329 e. The fraction of sp³-hybridized carbons (Fsp3) is 0.800. The van der Waals surface area contributed by atoms with Gasteiger partial charge in [0.15, 0.2) is 0 Å². The third kappa shape index (κ3) is 3.01. The zero-order chi connectivity index (χ0) is 10.6. The van der Waals surface area contributed by atoms with Crippen LogP contribution in [-0.4, -0.2) is 23.0 Å². The highest BCUT2D eigenvalue weighted by Crippen LogP contribution is 2.22. The summed E-state index contributed by atoms with van der Waals surface area (Å²) in [5, 5.41) is 1.24. The molecule has 0 unspecified atom stereocenters. The third-order valence-electron chi connectivity index (χ3n) is 2.44. The molecular formula is C10H17NO3. The maximum absolute atomic E-state index is 11.2. The summed E-state index contributed by atoms with van der Waals surface area (Å²) in [6, 6.07) is 0.0881. The summed E-state index contributed by atoms with van der Waals surface area (Å²) in [6.45, 7) is 2.75. The van der Waals surface area contributed by atoms with Crippen molar-refractivity contribution in [2.75, 3.05) is 0 Å². The van der Waals surface area contributed by atoms with E-state index >= 15 is 0 Å². The van der Waals surface area contributed by atoms with Crippen molar-refractivity contribution in [3.8, 4) is 0 Å². The molecule has 1 fully saturated rings. The van der Waals surface area contributed by atoms with Crippen molar-refractivity contribution in [3.63, 3.8) is 0 Å². The Hall–Kier alpha value is -1.06. The summed E-state index contributed by atoms with van der Waals surface area (Å²) in [5.74, 6) is -0.613. The van der Waals surface area contributed by atoms with Crippen LogP contribution in [0, 0.1) is 0 Å². The molecule has 0 N–H and O–H groups in total. The first-order chi connectivity index (χ1) is 6.61. The Bertz CT molecular complexity index is 221. The Morgan fingerprint density at radius 2 is 1.71 bits per heavy atom. The van der Waals surface area contributed by atoms with E-state index in [1.807, 2.05) is 0 Å². The van der Waals surface area contributed by atoms with Gasteiger partial charge in [0.2, 0.25) is 0 Å². The molecule has 0 aromatic heterocycles. The lowest BCUT2D eigenvalue weighted by Gasteiger charge is -2.31. The number of nitrogens with zero attached hydrogens (tertiary/aromatic N) is 1. The van der Waals surface area contributed by atoms with Crippen LogP contribution in [0.4, 0.5) is 0 Å². The first kappa shape index (κ1) is 11.0. The average Bonchev–Trinajstić information content (AvgIpc) is 2.15. The minimum absolute atomic E-state index is 0.0881. The van der Waals surface area contributed by atoms with Gasteiger partial charge in [-0.3, -0.25) is 9.59 Å². The molecule has 1 rings (SSSR count). The second kappa shape index (κ2) is 4.98. The van der Waals surface area contributed by atoms with E-state index in [-0.39, 0.29) is 11.9 Å². The standard InChI is InChI=1S/C10H17NO3/c1-8(12)11(14-9(2)13)10-6-4-3-5-7-10/h10H,3-7H2,1-2H3. The van der Waals surface area contributed by atoms with Crippen LogP contribution in [-0.2, 0) is 14.4 Å². The number of carbonyl (C=O) groups is 2. The fourth-order valence-electron chi connectivity index (χ4n) is 1.85. The van der Waals surface area contributed by atoms with Crippen LogP contribution in [0.1, 0.15) is 46.0 Å². The lowest BCUT2D eigenvalue weighted by Crippen LogP contribution is -2.41. The Labute approximate surface area is 84.2 Å². The molecule has 1 saturated carbocycles. The van der Waals surface area contributed by atoms with E-state index in [0.717, 1.165) is 25.7 Å². The number of hydrogen-bond donors (Lipinski definition) is 0. The summed E-state index contributed by atoms with van der Waals surface area (Å²) in [5.41, 5.74) is 0. The molecule has 0 aromatic carbocycles. The molecule has 4 heteroatoms. The van der Waals surface area contributed by atoms with Gasteiger partial charge in [0.1, 0.15) is 0 Å². The van der Waals surface area contributed by atoms with E-state index in [2.05, 4.69) is 0 Å². The highest BCUT2D eigenvalue weighted by Gasteiger charge is 2.25. The van der Waals surface area contributed by atoms with Crippen molar-refractivity contribution in [1.82, 2.24) is 5.06 Å². The molecule has 4 nitrogen and oxygen atoms in total. The minimum Gasteiger partial charge on any atom is -0.338 e. The second-order valence-corrected chi connectivity index (χ2v) is 3.72. The van der Waals surface area contributed by atoms with Crippen molar-refractivity contribution in [2.24, 2.45) is 0 Å². The molecular weight excluding hydrogens is 182 g/mol. The molecule has 0 aliphatic heterocycles. The molecule has 0 bridgehead atoms. The number of hydroxylamine groups is 2. The molecule has 80 valence electrons. The van der Waals surface area contributed by atoms with Crippen LogP contribution in [0.25, 0.3) is 0 Å². The van der Waals surface area contributed by atoms with Gasteiger partial charge in [-0.15, -0.1) is 0 Å². The normalized spacial score (nSPS) is 17.6. The van der Waals surface area contributed by atoms with Crippen molar-refractivity contribution < 1.29 is 14.4 Å². The first-order valence-electron chi connectivity index (χ1n) is 5.09. The number of amides is 1. The van der Waals surface area contributed by atoms with Gasteiger partial charge < -0.3 is 4.84 Å². The van der Waals surface area contributed by atoms with Gasteiger partial charge in [-0.2, -0.15) is 5.06 Å². The smallest absolute Gasteiger partial charge is 0.329 e. The number of hydrogen-bond acceptors (Lipinski definition) is 3. The number of carbonyl (C=O) groups excluding carboxylic acids is 2. The van der Waals surface area contributed by atoms with E-state index in [0.29, 0.717) is 0 Å². The molecule has 0 heterocycles. The van der Waals surface area contributed by atoms with E-state index in [9.17, 15) is 9.59 Å². The molecule has 14 heavy (non-hydrogen) atoms. The Balaban J connectivity index is 2.56. The van der Waals surface area contributed by atoms with E-state index < -0.39 is 5.97 Å². The molecule has 1 aliphatic carbocycles. The van der Waals surface area contributed by atoms with Gasteiger partial charge in [-0.1, -0.05) is 19.3 Å². The maximum atomic E-state index is 11.2. The Kier molecular flexibility index (Phi) is 3.92. The largest absolute Gasteiger partial charge is 0.338 e. The summed E-state index contributed by atoms with van der Waals surface area (Å²) in [6.07, 6.45) is 5.30. The van der Waals surface area contributed by atoms with Crippen molar-refractivity contribution in [2.45, 2.75) is 52.0 Å². The summed E-state index contributed by atoms with van der Waals surface area (Å²) in [7, 11) is 0. The van der Waals surface area contributed by atoms with Gasteiger partial charge in [-0.25, -0.2) is 0 Å². The molecule has 0 radical (unpaired) electrons. The van der Waals surface area contributed by atoms with Crippen molar-refractivity contribution >= 4 is 11.9 Å². The lowest BCUT2D eigenvalue weighted by molar-refractivity contribution is -0.206. The average molecular weight is 199 g/mol. The quantitative estimate of drug-likeness (QED) is 0.603. The van der Waals surface area contributed by atoms with Gasteiger partial charge in [0.05, 0.1) is 6.04 Å². The predicted molar refractivity (Wildman–Crippen MR) is 51.2 cm³/mol. The monoisotopic (exact) mass is 199 g/mol. The first-order valence-corrected chi connectivity index (χ1v) is 5.09. The van der Waals surface area contributed by atoms with Crippen LogP contribution >= 0.6 is 0 Å². The highest BCUT2D eigenvalue weighted by molar-refractivity contribution is 5.75. The predicted octanol–water partition coefficient (Wildman–Crippen LogP) is 1.65. The Morgan fingerprint density at radius 1 is 1.14 bits per heavy atom. The Morgan fingerprint density at radius 3 is 2.14 bits per heavy atom. The lowest BCUT2D eigenvalue weighted by atomic mass is 9.95. The summed E-state index contributed by atoms with van der Waals surface area (Å²) < 4.78 is 0. The highest BCUT2D eigenvalue weighted by atomic mass is 16.7. The fourth-order valence-corrected chi connectivity index (χ4v) is 1.85. The van der Waals surface area contributed by atoms with E-state index in [1.165, 1.54) is 25.3 Å². The molecule has 0 aromatic rings. The minimum atomic E-state index is -0.425. The van der Waals surface area contributed by atoms with Gasteiger partial charge in [0.25, 0.3) is 5.91 Å². The topological polar surface area (TPSA) is 46.6 Å². The van der Waals surface area contributed by atoms with Gasteiger partial charge >= 0.3 is 5.97 Å². The van der Waals surface area contributed by atoms with Gasteiger partial charge in [0, 0.05) is 13.8 Å². The summed E-state index contributed by atoms with van der Waals surface area (Å²) in [4.78, 5) is 26.9. The van der Waals surface area contributed by atoms with Crippen molar-refractivity contribution in [1.29, 1.82) is 0 Å². The van der Waals surface area contributed by atoms with Gasteiger partial charge in [-0.05, 0) is 12.8 Å². The zero-order valence-electron chi connectivity index (χ0n) is 8.78. The van der Waals surface area contributed by atoms with Crippen LogP contribution in [0.2, 0.25) is 0 Å². The molecule has 1 aliphatic rings. The van der Waals surface area contributed by atoms with E-state index in [4.69, 9.17) is 4.84 Å².